The van der Waals surface area contributed by atoms with E-state index in [-0.39, 0.29) is 37.4 Å². The molecule has 0 spiro atoms. The van der Waals surface area contributed by atoms with E-state index in [1.54, 1.807) is 45.0 Å². The summed E-state index contributed by atoms with van der Waals surface area (Å²) < 4.78 is 5.27. The van der Waals surface area contributed by atoms with Crippen molar-refractivity contribution in [3.63, 3.8) is 0 Å². The molecule has 0 fully saturated rings. The minimum Gasteiger partial charge on any atom is -0.460 e. The number of carbonyl (C=O) groups is 8. The number of nitrogens with zero attached hydrogens (tertiary/aromatic N) is 1. The third kappa shape index (κ3) is 13.0. The number of hydrogen-bond acceptors (Lipinski definition) is 9. The summed E-state index contributed by atoms with van der Waals surface area (Å²) in [6.07, 6.45) is 3.63. The zero-order valence-electron chi connectivity index (χ0n) is 27.3. The average molecular weight is 657 g/mol. The third-order valence-electron chi connectivity index (χ3n) is 6.95. The second kappa shape index (κ2) is 17.6. The number of esters is 1. The number of nitrogens with two attached hydrogens (primary N) is 1. The molecule has 0 unspecified atom stereocenters. The number of carbonyl (C=O) groups excluding carboxylic acids is 8. The first-order valence-electron chi connectivity index (χ1n) is 15.3. The minimum absolute atomic E-state index is 0.0436. The lowest BCUT2D eigenvalue weighted by Crippen LogP contribution is -2.55. The summed E-state index contributed by atoms with van der Waals surface area (Å²) >= 11 is 0. The quantitative estimate of drug-likeness (QED) is 0.0897. The molecule has 1 aliphatic heterocycles. The second-order valence-electron chi connectivity index (χ2n) is 12.2. The van der Waals surface area contributed by atoms with Gasteiger partial charge < -0.3 is 31.7 Å². The molecule has 15 nitrogen and oxygen atoms in total. The summed E-state index contributed by atoms with van der Waals surface area (Å²) in [5.74, 6) is -4.45. The van der Waals surface area contributed by atoms with Crippen LogP contribution < -0.4 is 27.0 Å². The van der Waals surface area contributed by atoms with Crippen LogP contribution in [0.4, 0.5) is 5.69 Å². The fraction of sp³-hybridized carbons (Fsp3) is 0.500. The maximum Gasteiger partial charge on any atom is 0.311 e. The number of nitrogens with one attached hydrogen (secondary N) is 4. The zero-order chi connectivity index (χ0) is 35.3. The Morgan fingerprint density at radius 2 is 1.38 bits per heavy atom. The van der Waals surface area contributed by atoms with Crippen molar-refractivity contribution >= 4 is 53.0 Å². The number of unbranched alkanes of at least 4 members (excludes halogenated alkanes) is 2. The molecule has 0 bridgehead atoms. The maximum absolute atomic E-state index is 12.9. The van der Waals surface area contributed by atoms with E-state index in [1.807, 2.05) is 0 Å². The van der Waals surface area contributed by atoms with Gasteiger partial charge in [-0.1, -0.05) is 18.6 Å². The molecule has 1 aromatic rings. The summed E-state index contributed by atoms with van der Waals surface area (Å²) in [5.41, 5.74) is 5.67. The Morgan fingerprint density at radius 3 is 1.96 bits per heavy atom. The largest absolute Gasteiger partial charge is 0.460 e. The Bertz CT molecular complexity index is 1370. The Morgan fingerprint density at radius 1 is 0.809 bits per heavy atom. The second-order valence-corrected chi connectivity index (χ2v) is 12.2. The van der Waals surface area contributed by atoms with Gasteiger partial charge in [0.25, 0.3) is 11.8 Å². The molecule has 15 heteroatoms. The van der Waals surface area contributed by atoms with Gasteiger partial charge in [-0.05, 0) is 65.2 Å². The Kier molecular flexibility index (Phi) is 14.2. The van der Waals surface area contributed by atoms with Crippen LogP contribution in [-0.4, -0.2) is 76.9 Å². The monoisotopic (exact) mass is 656 g/mol. The van der Waals surface area contributed by atoms with Crippen LogP contribution in [0.2, 0.25) is 0 Å². The molecular formula is C32H44N6O9. The fourth-order valence-corrected chi connectivity index (χ4v) is 4.15. The molecule has 1 heterocycles. The molecule has 47 heavy (non-hydrogen) atoms. The van der Waals surface area contributed by atoms with Gasteiger partial charge in [0.15, 0.2) is 0 Å². The van der Waals surface area contributed by atoms with Crippen LogP contribution in [-0.2, 0) is 49.7 Å². The normalized spacial score (nSPS) is 14.5. The molecule has 6 N–H and O–H groups in total. The summed E-state index contributed by atoms with van der Waals surface area (Å²) in [6.45, 7) is 8.34. The molecule has 0 saturated heterocycles. The van der Waals surface area contributed by atoms with E-state index >= 15 is 0 Å². The lowest BCUT2D eigenvalue weighted by Gasteiger charge is -2.22. The van der Waals surface area contributed by atoms with Gasteiger partial charge in [0, 0.05) is 30.8 Å². The van der Waals surface area contributed by atoms with Crippen molar-refractivity contribution in [1.29, 1.82) is 0 Å². The number of imide groups is 1. The predicted molar refractivity (Wildman–Crippen MR) is 170 cm³/mol. The van der Waals surface area contributed by atoms with E-state index in [2.05, 4.69) is 21.3 Å². The number of amides is 7. The highest BCUT2D eigenvalue weighted by Crippen LogP contribution is 2.17. The molecule has 7 amide bonds. The predicted octanol–water partition coefficient (Wildman–Crippen LogP) is 0.569. The van der Waals surface area contributed by atoms with Gasteiger partial charge in [0.1, 0.15) is 24.7 Å². The SMILES string of the molecule is C[C@H](NC(=O)CCCCCN1C(=O)C=CC1=O)C(=O)N[C@@H](C)C(=O)N[C@@H](CC(N)=O)C(=O)Nc1ccc(COC(=O)C(C)(C)C)cc1. The van der Waals surface area contributed by atoms with Crippen molar-refractivity contribution in [2.75, 3.05) is 11.9 Å². The number of benzene rings is 1. The number of rotatable bonds is 17. The van der Waals surface area contributed by atoms with Crippen molar-refractivity contribution in [1.82, 2.24) is 20.9 Å². The number of primary amides is 1. The van der Waals surface area contributed by atoms with Gasteiger partial charge in [-0.25, -0.2) is 0 Å². The summed E-state index contributed by atoms with van der Waals surface area (Å²) in [4.78, 5) is 98.5. The number of ether oxygens (including phenoxy) is 1. The van der Waals surface area contributed by atoms with Crippen LogP contribution in [0.15, 0.2) is 36.4 Å². The van der Waals surface area contributed by atoms with Crippen LogP contribution in [0.5, 0.6) is 0 Å². The van der Waals surface area contributed by atoms with Gasteiger partial charge in [-0.2, -0.15) is 0 Å². The molecule has 256 valence electrons. The highest BCUT2D eigenvalue weighted by atomic mass is 16.5. The van der Waals surface area contributed by atoms with Gasteiger partial charge in [0.05, 0.1) is 11.8 Å². The highest BCUT2D eigenvalue weighted by Gasteiger charge is 2.28. The molecule has 2 rings (SSSR count). The summed E-state index contributed by atoms with van der Waals surface area (Å²) in [5, 5.41) is 10.0. The lowest BCUT2D eigenvalue weighted by atomic mass is 9.97. The Hall–Kier alpha value is -5.08. The molecule has 1 aliphatic rings. The first-order chi connectivity index (χ1) is 22.0. The van der Waals surface area contributed by atoms with E-state index in [4.69, 9.17) is 10.5 Å². The number of anilines is 1. The highest BCUT2D eigenvalue weighted by molar-refractivity contribution is 6.12. The molecular weight excluding hydrogens is 612 g/mol. The smallest absolute Gasteiger partial charge is 0.311 e. The lowest BCUT2D eigenvalue weighted by molar-refractivity contribution is -0.154. The Balaban J connectivity index is 1.80. The molecule has 0 radical (unpaired) electrons. The van der Waals surface area contributed by atoms with E-state index in [0.717, 1.165) is 4.90 Å². The van der Waals surface area contributed by atoms with E-state index in [1.165, 1.54) is 26.0 Å². The first-order valence-corrected chi connectivity index (χ1v) is 15.3. The molecule has 3 atom stereocenters. The van der Waals surface area contributed by atoms with Gasteiger partial charge in [0.2, 0.25) is 29.5 Å². The van der Waals surface area contributed by atoms with Crippen molar-refractivity contribution in [2.24, 2.45) is 11.1 Å². The summed E-state index contributed by atoms with van der Waals surface area (Å²) in [6, 6.07) is 2.96. The van der Waals surface area contributed by atoms with Gasteiger partial charge in [-0.15, -0.1) is 0 Å². The summed E-state index contributed by atoms with van der Waals surface area (Å²) in [7, 11) is 0. The Labute approximate surface area is 273 Å². The standard InChI is InChI=1S/C32H44N6O9/c1-19(34-25(40)9-7-6-8-16-38-26(41)14-15-27(38)42)28(43)35-20(2)29(44)37-23(17-24(33)39)30(45)36-22-12-10-21(11-13-22)18-47-31(46)32(3,4)5/h10-15,19-20,23H,6-9,16-18H2,1-5H3,(H2,33,39)(H,34,40)(H,35,43)(H,36,45)(H,37,44)/t19-,20-,23-/m0/s1. The minimum atomic E-state index is -1.35. The van der Waals surface area contributed by atoms with E-state index in [9.17, 15) is 38.4 Å². The van der Waals surface area contributed by atoms with Crippen LogP contribution in [0, 0.1) is 5.41 Å². The fourth-order valence-electron chi connectivity index (χ4n) is 4.15. The van der Waals surface area contributed by atoms with Crippen LogP contribution >= 0.6 is 0 Å². The molecule has 1 aromatic carbocycles. The van der Waals surface area contributed by atoms with Crippen LogP contribution in [0.1, 0.15) is 72.3 Å². The average Bonchev–Trinajstić information content (AvgIpc) is 3.31. The topological polar surface area (TPSA) is 223 Å². The van der Waals surface area contributed by atoms with Crippen molar-refractivity contribution < 1.29 is 43.1 Å². The van der Waals surface area contributed by atoms with Crippen LogP contribution in [0.3, 0.4) is 0 Å². The molecule has 0 aliphatic carbocycles. The van der Waals surface area contributed by atoms with Crippen molar-refractivity contribution in [2.45, 2.75) is 91.5 Å². The van der Waals surface area contributed by atoms with E-state index in [0.29, 0.717) is 30.5 Å². The molecule has 0 aromatic heterocycles. The maximum atomic E-state index is 12.9. The zero-order valence-corrected chi connectivity index (χ0v) is 27.3. The van der Waals surface area contributed by atoms with Gasteiger partial charge >= 0.3 is 5.97 Å². The van der Waals surface area contributed by atoms with Crippen LogP contribution in [0.25, 0.3) is 0 Å². The van der Waals surface area contributed by atoms with Crippen molar-refractivity contribution in [3.8, 4) is 0 Å². The van der Waals surface area contributed by atoms with Gasteiger partial charge in [-0.3, -0.25) is 43.3 Å². The third-order valence-corrected chi connectivity index (χ3v) is 6.95. The number of hydrogen-bond donors (Lipinski definition) is 5. The first kappa shape index (κ1) is 38.1. The van der Waals surface area contributed by atoms with Crippen molar-refractivity contribution in [3.05, 3.63) is 42.0 Å². The molecule has 0 saturated carbocycles. The van der Waals surface area contributed by atoms with E-state index < -0.39 is 59.5 Å².